The second-order valence-electron chi connectivity index (χ2n) is 5.40. The number of carboxylic acid groups (broad SMARTS) is 1. The summed E-state index contributed by atoms with van der Waals surface area (Å²) in [5.74, 6) is -0.578. The van der Waals surface area contributed by atoms with Crippen molar-refractivity contribution in [2.75, 3.05) is 25.0 Å². The third-order valence-corrected chi connectivity index (χ3v) is 3.64. The van der Waals surface area contributed by atoms with Gasteiger partial charge in [-0.3, -0.25) is 14.5 Å². The third-order valence-electron chi connectivity index (χ3n) is 3.64. The van der Waals surface area contributed by atoms with Crippen LogP contribution in [0, 0.1) is 5.92 Å². The number of rotatable bonds is 6. The van der Waals surface area contributed by atoms with Crippen molar-refractivity contribution >= 4 is 17.7 Å². The number of amides is 1. The van der Waals surface area contributed by atoms with E-state index >= 15 is 0 Å². The normalized spacial score (nSPS) is 19.4. The van der Waals surface area contributed by atoms with Gasteiger partial charge in [-0.15, -0.1) is 0 Å². The van der Waals surface area contributed by atoms with Crippen molar-refractivity contribution in [1.29, 1.82) is 0 Å². The molecule has 1 amide bonds. The minimum atomic E-state index is -0.777. The molecule has 1 aliphatic rings. The number of piperidine rings is 1. The predicted octanol–water partition coefficient (Wildman–Crippen LogP) is 1.03. The van der Waals surface area contributed by atoms with Crippen molar-refractivity contribution in [3.63, 3.8) is 0 Å². The molecule has 116 valence electrons. The Balaban J connectivity index is 1.86. The minimum absolute atomic E-state index is 0.126. The Morgan fingerprint density at radius 3 is 3.05 bits per heavy atom. The summed E-state index contributed by atoms with van der Waals surface area (Å²) >= 11 is 0. The molecule has 2 N–H and O–H groups in total. The van der Waals surface area contributed by atoms with Gasteiger partial charge in [-0.1, -0.05) is 6.92 Å². The number of aliphatic carboxylic acids is 1. The lowest BCUT2D eigenvalue weighted by molar-refractivity contribution is -0.144. The summed E-state index contributed by atoms with van der Waals surface area (Å²) in [6.07, 6.45) is 4.11. The number of likely N-dealkylation sites (tertiary alicyclic amines) is 1. The maximum Gasteiger partial charge on any atom is 0.307 e. The van der Waals surface area contributed by atoms with Crippen LogP contribution in [0.4, 0.5) is 5.82 Å². The van der Waals surface area contributed by atoms with Crippen molar-refractivity contribution in [2.24, 2.45) is 5.92 Å². The first-order chi connectivity index (χ1) is 10.1. The van der Waals surface area contributed by atoms with E-state index in [0.29, 0.717) is 18.8 Å². The van der Waals surface area contributed by atoms with Crippen LogP contribution in [-0.4, -0.2) is 51.3 Å². The van der Waals surface area contributed by atoms with Crippen LogP contribution in [0.5, 0.6) is 0 Å². The molecule has 1 saturated heterocycles. The Hall–Kier alpha value is -1.89. The van der Waals surface area contributed by atoms with Crippen LogP contribution in [0.15, 0.2) is 12.3 Å². The molecule has 0 spiro atoms. The molecule has 2 rings (SSSR count). The first-order valence-corrected chi connectivity index (χ1v) is 7.37. The lowest BCUT2D eigenvalue weighted by atomic mass is 9.98. The van der Waals surface area contributed by atoms with Crippen molar-refractivity contribution in [1.82, 2.24) is 14.7 Å². The summed E-state index contributed by atoms with van der Waals surface area (Å²) in [5, 5.41) is 16.0. The average Bonchev–Trinajstić information content (AvgIpc) is 2.86. The SMILES string of the molecule is CCCn1nccc1NC(=O)CN1CCCC(C(=O)O)C1. The van der Waals surface area contributed by atoms with Crippen LogP contribution >= 0.6 is 0 Å². The van der Waals surface area contributed by atoms with E-state index in [9.17, 15) is 9.59 Å². The Labute approximate surface area is 123 Å². The van der Waals surface area contributed by atoms with Gasteiger partial charge in [0.15, 0.2) is 0 Å². The van der Waals surface area contributed by atoms with Gasteiger partial charge in [-0.2, -0.15) is 5.10 Å². The summed E-state index contributed by atoms with van der Waals surface area (Å²) in [7, 11) is 0. The smallest absolute Gasteiger partial charge is 0.307 e. The number of hydrogen-bond donors (Lipinski definition) is 2. The number of hydrogen-bond acceptors (Lipinski definition) is 4. The standard InChI is InChI=1S/C14H22N4O3/c1-2-7-18-12(5-6-15-18)16-13(19)10-17-8-3-4-11(9-17)14(20)21/h5-6,11H,2-4,7-10H2,1H3,(H,16,19)(H,20,21). The lowest BCUT2D eigenvalue weighted by Crippen LogP contribution is -2.42. The van der Waals surface area contributed by atoms with Gasteiger partial charge < -0.3 is 10.4 Å². The van der Waals surface area contributed by atoms with E-state index in [1.807, 2.05) is 11.8 Å². The lowest BCUT2D eigenvalue weighted by Gasteiger charge is -2.29. The second kappa shape index (κ2) is 7.21. The molecule has 1 atom stereocenters. The van der Waals surface area contributed by atoms with Crippen LogP contribution in [0.25, 0.3) is 0 Å². The highest BCUT2D eigenvalue weighted by atomic mass is 16.4. The van der Waals surface area contributed by atoms with Crippen LogP contribution in [0.2, 0.25) is 0 Å². The topological polar surface area (TPSA) is 87.5 Å². The van der Waals surface area contributed by atoms with Crippen LogP contribution < -0.4 is 5.32 Å². The van der Waals surface area contributed by atoms with E-state index < -0.39 is 5.97 Å². The fourth-order valence-electron chi connectivity index (χ4n) is 2.62. The fourth-order valence-corrected chi connectivity index (χ4v) is 2.62. The number of carboxylic acids is 1. The summed E-state index contributed by atoms with van der Waals surface area (Å²) in [4.78, 5) is 25.0. The van der Waals surface area contributed by atoms with Gasteiger partial charge in [0.1, 0.15) is 5.82 Å². The number of carbonyl (C=O) groups excluding carboxylic acids is 1. The summed E-state index contributed by atoms with van der Waals surface area (Å²) in [6.45, 7) is 4.24. The Morgan fingerprint density at radius 1 is 1.52 bits per heavy atom. The number of aromatic nitrogens is 2. The van der Waals surface area contributed by atoms with E-state index in [1.54, 1.807) is 16.9 Å². The molecule has 0 radical (unpaired) electrons. The minimum Gasteiger partial charge on any atom is -0.481 e. The monoisotopic (exact) mass is 294 g/mol. The van der Waals surface area contributed by atoms with Gasteiger partial charge >= 0.3 is 5.97 Å². The first kappa shape index (κ1) is 15.5. The molecule has 0 bridgehead atoms. The molecule has 7 nitrogen and oxygen atoms in total. The van der Waals surface area contributed by atoms with Crippen LogP contribution in [0.1, 0.15) is 26.2 Å². The molecule has 2 heterocycles. The Kier molecular flexibility index (Phi) is 5.32. The summed E-state index contributed by atoms with van der Waals surface area (Å²) < 4.78 is 1.76. The van der Waals surface area contributed by atoms with Crippen molar-refractivity contribution in [2.45, 2.75) is 32.7 Å². The zero-order valence-corrected chi connectivity index (χ0v) is 12.3. The van der Waals surface area contributed by atoms with Gasteiger partial charge in [-0.05, 0) is 25.8 Å². The molecule has 7 heteroatoms. The molecule has 1 fully saturated rings. The van der Waals surface area contributed by atoms with Crippen LogP contribution in [-0.2, 0) is 16.1 Å². The quantitative estimate of drug-likeness (QED) is 0.818. The van der Waals surface area contributed by atoms with E-state index in [-0.39, 0.29) is 18.4 Å². The number of nitrogens with zero attached hydrogens (tertiary/aromatic N) is 3. The van der Waals surface area contributed by atoms with Crippen molar-refractivity contribution in [3.8, 4) is 0 Å². The molecule has 0 aliphatic carbocycles. The Bertz CT molecular complexity index is 500. The van der Waals surface area contributed by atoms with Crippen molar-refractivity contribution < 1.29 is 14.7 Å². The van der Waals surface area contributed by atoms with E-state index in [4.69, 9.17) is 5.11 Å². The van der Waals surface area contributed by atoms with E-state index in [0.717, 1.165) is 25.9 Å². The third kappa shape index (κ3) is 4.29. The molecule has 1 unspecified atom stereocenters. The van der Waals surface area contributed by atoms with Crippen LogP contribution in [0.3, 0.4) is 0 Å². The fraction of sp³-hybridized carbons (Fsp3) is 0.643. The number of anilines is 1. The first-order valence-electron chi connectivity index (χ1n) is 7.37. The molecule has 0 saturated carbocycles. The Morgan fingerprint density at radius 2 is 2.33 bits per heavy atom. The average molecular weight is 294 g/mol. The predicted molar refractivity (Wildman–Crippen MR) is 77.9 cm³/mol. The second-order valence-corrected chi connectivity index (χ2v) is 5.40. The molecular formula is C14H22N4O3. The molecule has 1 aromatic rings. The molecule has 21 heavy (non-hydrogen) atoms. The molecule has 1 aliphatic heterocycles. The summed E-state index contributed by atoms with van der Waals surface area (Å²) in [5.41, 5.74) is 0. The molecule has 0 aromatic carbocycles. The van der Waals surface area contributed by atoms with E-state index in [2.05, 4.69) is 10.4 Å². The van der Waals surface area contributed by atoms with Crippen molar-refractivity contribution in [3.05, 3.63) is 12.3 Å². The number of carbonyl (C=O) groups is 2. The molecular weight excluding hydrogens is 272 g/mol. The summed E-state index contributed by atoms with van der Waals surface area (Å²) in [6, 6.07) is 1.77. The van der Waals surface area contributed by atoms with Gasteiger partial charge in [0.2, 0.25) is 5.91 Å². The van der Waals surface area contributed by atoms with Gasteiger partial charge in [0.05, 0.1) is 18.7 Å². The van der Waals surface area contributed by atoms with Gasteiger partial charge in [0.25, 0.3) is 0 Å². The number of aryl methyl sites for hydroxylation is 1. The van der Waals surface area contributed by atoms with Gasteiger partial charge in [0, 0.05) is 19.2 Å². The highest BCUT2D eigenvalue weighted by Gasteiger charge is 2.26. The highest BCUT2D eigenvalue weighted by Crippen LogP contribution is 2.16. The molecule has 1 aromatic heterocycles. The van der Waals surface area contributed by atoms with Gasteiger partial charge in [-0.25, -0.2) is 4.68 Å². The zero-order valence-electron chi connectivity index (χ0n) is 12.3. The van der Waals surface area contributed by atoms with E-state index in [1.165, 1.54) is 0 Å². The zero-order chi connectivity index (χ0) is 15.2. The highest BCUT2D eigenvalue weighted by molar-refractivity contribution is 5.91. The maximum atomic E-state index is 12.1. The number of nitrogens with one attached hydrogen (secondary N) is 1. The maximum absolute atomic E-state index is 12.1. The largest absolute Gasteiger partial charge is 0.481 e.